The van der Waals surface area contributed by atoms with Gasteiger partial charge in [0.15, 0.2) is 0 Å². The lowest BCUT2D eigenvalue weighted by Gasteiger charge is -2.32. The summed E-state index contributed by atoms with van der Waals surface area (Å²) >= 11 is 0. The van der Waals surface area contributed by atoms with Gasteiger partial charge in [-0.1, -0.05) is 6.08 Å². The second kappa shape index (κ2) is 7.46. The minimum Gasteiger partial charge on any atom is -0.444 e. The Labute approximate surface area is 171 Å². The number of aromatic nitrogens is 3. The number of carbonyl (C=O) groups is 1. The maximum absolute atomic E-state index is 12.2. The average Bonchev–Trinajstić information content (AvgIpc) is 3.11. The van der Waals surface area contributed by atoms with Crippen molar-refractivity contribution in [3.63, 3.8) is 0 Å². The fourth-order valence-corrected chi connectivity index (χ4v) is 2.83. The van der Waals surface area contributed by atoms with Crippen LogP contribution in [-0.2, 0) is 14.0 Å². The Bertz CT molecular complexity index is 914. The quantitative estimate of drug-likeness (QED) is 0.763. The van der Waals surface area contributed by atoms with Crippen molar-refractivity contribution in [1.82, 2.24) is 20.5 Å². The Morgan fingerprint density at radius 3 is 2.52 bits per heavy atom. The molecule has 1 aliphatic rings. The molecular weight excluding hydrogens is 371 g/mol. The summed E-state index contributed by atoms with van der Waals surface area (Å²) < 4.78 is 17.7. The number of amides is 1. The number of nitrogens with one attached hydrogen (secondary N) is 2. The zero-order valence-corrected chi connectivity index (χ0v) is 18.1. The van der Waals surface area contributed by atoms with Crippen molar-refractivity contribution in [1.29, 1.82) is 0 Å². The van der Waals surface area contributed by atoms with Gasteiger partial charge in [0.1, 0.15) is 11.1 Å². The highest BCUT2D eigenvalue weighted by Gasteiger charge is 2.52. The van der Waals surface area contributed by atoms with E-state index in [1.165, 1.54) is 0 Å². The predicted octanol–water partition coefficient (Wildman–Crippen LogP) is 3.50. The van der Waals surface area contributed by atoms with Gasteiger partial charge in [0.2, 0.25) is 0 Å². The topological polar surface area (TPSA) is 98.4 Å². The lowest BCUT2D eigenvalue weighted by molar-refractivity contribution is 0.00578. The molecule has 0 atom stereocenters. The summed E-state index contributed by atoms with van der Waals surface area (Å²) in [5.74, 6) is 0. The van der Waals surface area contributed by atoms with E-state index in [-0.39, 0.29) is 6.54 Å². The summed E-state index contributed by atoms with van der Waals surface area (Å²) in [4.78, 5) is 16.5. The fraction of sp³-hybridized carbons (Fsp3) is 0.550. The van der Waals surface area contributed by atoms with Crippen molar-refractivity contribution in [2.75, 3.05) is 6.54 Å². The van der Waals surface area contributed by atoms with Crippen LogP contribution in [0.3, 0.4) is 0 Å². The second-order valence-electron chi connectivity index (χ2n) is 9.23. The Hall–Kier alpha value is -2.39. The molecule has 29 heavy (non-hydrogen) atoms. The molecule has 8 nitrogen and oxygen atoms in total. The Balaban J connectivity index is 1.86. The molecule has 1 aliphatic heterocycles. The molecule has 1 fully saturated rings. The van der Waals surface area contributed by atoms with Crippen LogP contribution >= 0.6 is 0 Å². The van der Waals surface area contributed by atoms with Crippen LogP contribution in [0, 0.1) is 0 Å². The number of nitrogens with zero attached hydrogens (tertiary/aromatic N) is 2. The van der Waals surface area contributed by atoms with Gasteiger partial charge in [-0.2, -0.15) is 5.10 Å². The summed E-state index contributed by atoms with van der Waals surface area (Å²) in [6.07, 6.45) is 4.83. The van der Waals surface area contributed by atoms with Crippen LogP contribution in [0.1, 0.15) is 54.0 Å². The van der Waals surface area contributed by atoms with Crippen LogP contribution in [0.5, 0.6) is 0 Å². The van der Waals surface area contributed by atoms with Gasteiger partial charge in [0.25, 0.3) is 0 Å². The molecule has 0 aliphatic carbocycles. The smallest absolute Gasteiger partial charge is 0.444 e. The lowest BCUT2D eigenvalue weighted by Crippen LogP contribution is -2.41. The SMILES string of the molecule is CC(C)(C)OC(=O)NCC(=Cc1cnc2cn[nH]c2c1)B1OC(C)(C)C(C)(C)O1. The van der Waals surface area contributed by atoms with Crippen LogP contribution in [0.15, 0.2) is 23.9 Å². The molecule has 2 N–H and O–H groups in total. The molecule has 1 saturated heterocycles. The van der Waals surface area contributed by atoms with E-state index in [1.54, 1.807) is 12.4 Å². The van der Waals surface area contributed by atoms with Gasteiger partial charge in [-0.3, -0.25) is 10.1 Å². The van der Waals surface area contributed by atoms with Gasteiger partial charge in [-0.05, 0) is 65.6 Å². The number of pyridine rings is 1. The van der Waals surface area contributed by atoms with Crippen LogP contribution in [-0.4, -0.2) is 51.7 Å². The molecule has 0 unspecified atom stereocenters. The van der Waals surface area contributed by atoms with Crippen molar-refractivity contribution in [2.24, 2.45) is 0 Å². The summed E-state index contributed by atoms with van der Waals surface area (Å²) in [5.41, 5.74) is 1.65. The molecule has 0 radical (unpaired) electrons. The maximum Gasteiger partial charge on any atom is 0.492 e. The van der Waals surface area contributed by atoms with Gasteiger partial charge < -0.3 is 19.4 Å². The number of alkyl carbamates (subject to hydrolysis) is 1. The van der Waals surface area contributed by atoms with E-state index < -0.39 is 30.0 Å². The van der Waals surface area contributed by atoms with Crippen LogP contribution in [0.25, 0.3) is 17.1 Å². The first-order valence-electron chi connectivity index (χ1n) is 9.68. The first-order valence-corrected chi connectivity index (χ1v) is 9.68. The summed E-state index contributed by atoms with van der Waals surface area (Å²) in [6.45, 7) is 13.6. The van der Waals surface area contributed by atoms with E-state index >= 15 is 0 Å². The molecule has 0 spiro atoms. The summed E-state index contributed by atoms with van der Waals surface area (Å²) in [7, 11) is -0.604. The normalized spacial score (nSPS) is 18.9. The largest absolute Gasteiger partial charge is 0.492 e. The standard InChI is InChI=1S/C20H29BN4O4/c1-18(2,3)27-17(26)23-11-14(21-28-19(4,5)20(6,7)29-21)8-13-9-15-16(22-10-13)12-24-25-15/h8-10,12H,11H2,1-7H3,(H,23,26)(H,24,25). The van der Waals surface area contributed by atoms with Gasteiger partial charge in [0, 0.05) is 12.7 Å². The minimum atomic E-state index is -0.604. The number of aromatic amines is 1. The first-order chi connectivity index (χ1) is 13.4. The van der Waals surface area contributed by atoms with Crippen molar-refractivity contribution in [3.8, 4) is 0 Å². The van der Waals surface area contributed by atoms with E-state index in [2.05, 4.69) is 20.5 Å². The second-order valence-corrected chi connectivity index (χ2v) is 9.23. The number of hydrogen-bond acceptors (Lipinski definition) is 6. The monoisotopic (exact) mass is 400 g/mol. The molecule has 3 heterocycles. The lowest BCUT2D eigenvalue weighted by atomic mass is 9.77. The van der Waals surface area contributed by atoms with Crippen LogP contribution < -0.4 is 5.32 Å². The third-order valence-corrected chi connectivity index (χ3v) is 5.06. The minimum absolute atomic E-state index is 0.215. The highest BCUT2D eigenvalue weighted by Crippen LogP contribution is 2.38. The Kier molecular flexibility index (Phi) is 5.49. The average molecular weight is 400 g/mol. The van der Waals surface area contributed by atoms with Crippen molar-refractivity contribution in [3.05, 3.63) is 29.5 Å². The van der Waals surface area contributed by atoms with Crippen LogP contribution in [0.4, 0.5) is 4.79 Å². The van der Waals surface area contributed by atoms with Crippen LogP contribution in [0.2, 0.25) is 0 Å². The van der Waals surface area contributed by atoms with E-state index in [1.807, 2.05) is 60.6 Å². The molecule has 0 bridgehead atoms. The number of carbonyl (C=O) groups excluding carboxylic acids is 1. The van der Waals surface area contributed by atoms with Gasteiger partial charge in [-0.25, -0.2) is 4.79 Å². The molecular formula is C20H29BN4O4. The molecule has 2 aromatic rings. The number of rotatable bonds is 4. The number of fused-ring (bicyclic) bond motifs is 1. The number of ether oxygens (including phenoxy) is 1. The Morgan fingerprint density at radius 2 is 1.90 bits per heavy atom. The highest BCUT2D eigenvalue weighted by atomic mass is 16.7. The Morgan fingerprint density at radius 1 is 1.24 bits per heavy atom. The predicted molar refractivity (Wildman–Crippen MR) is 112 cm³/mol. The van der Waals surface area contributed by atoms with E-state index in [0.29, 0.717) is 0 Å². The molecule has 1 amide bonds. The molecule has 0 saturated carbocycles. The fourth-order valence-electron chi connectivity index (χ4n) is 2.83. The van der Waals surface area contributed by atoms with E-state index in [4.69, 9.17) is 14.0 Å². The zero-order chi connectivity index (χ0) is 21.4. The first kappa shape index (κ1) is 21.3. The van der Waals surface area contributed by atoms with Gasteiger partial charge >= 0.3 is 13.2 Å². The highest BCUT2D eigenvalue weighted by molar-refractivity contribution is 6.56. The summed E-state index contributed by atoms with van der Waals surface area (Å²) in [6, 6.07) is 1.94. The van der Waals surface area contributed by atoms with E-state index in [0.717, 1.165) is 22.1 Å². The molecule has 156 valence electrons. The zero-order valence-electron chi connectivity index (χ0n) is 18.1. The third kappa shape index (κ3) is 4.97. The van der Waals surface area contributed by atoms with Crippen molar-refractivity contribution in [2.45, 2.75) is 65.3 Å². The van der Waals surface area contributed by atoms with Gasteiger partial charge in [0.05, 0.1) is 22.9 Å². The van der Waals surface area contributed by atoms with E-state index in [9.17, 15) is 4.79 Å². The van der Waals surface area contributed by atoms with Gasteiger partial charge in [-0.15, -0.1) is 0 Å². The summed E-state index contributed by atoms with van der Waals surface area (Å²) in [5, 5.41) is 9.70. The molecule has 2 aromatic heterocycles. The van der Waals surface area contributed by atoms with Crippen molar-refractivity contribution >= 4 is 30.3 Å². The third-order valence-electron chi connectivity index (χ3n) is 5.06. The molecule has 3 rings (SSSR count). The number of H-pyrrole nitrogens is 1. The molecule has 9 heteroatoms. The maximum atomic E-state index is 12.2. The van der Waals surface area contributed by atoms with Crippen molar-refractivity contribution < 1.29 is 18.8 Å². The number of hydrogen-bond donors (Lipinski definition) is 2. The molecule has 0 aromatic carbocycles.